The van der Waals surface area contributed by atoms with E-state index in [1.54, 1.807) is 13.1 Å². The minimum absolute atomic E-state index is 0.0351. The third-order valence-corrected chi connectivity index (χ3v) is 10.9. The van der Waals surface area contributed by atoms with Crippen molar-refractivity contribution >= 4 is 97.2 Å². The number of anilines is 3. The number of likely N-dealkylation sites (N-methyl/N-ethyl adjacent to an activating group) is 1. The van der Waals surface area contributed by atoms with E-state index < -0.39 is 26.8 Å². The van der Waals surface area contributed by atoms with Gasteiger partial charge in [-0.2, -0.15) is 0 Å². The Morgan fingerprint density at radius 3 is 2.27 bits per heavy atom. The molecule has 8 heteroatoms. The van der Waals surface area contributed by atoms with Gasteiger partial charge in [0.25, 0.3) is 0 Å². The summed E-state index contributed by atoms with van der Waals surface area (Å²) < 4.78 is 5.32. The van der Waals surface area contributed by atoms with Crippen LogP contribution in [0.4, 0.5) is 15.9 Å². The monoisotopic (exact) mass is 642 g/mol. The molecule has 0 fully saturated rings. The van der Waals surface area contributed by atoms with Gasteiger partial charge < -0.3 is 0 Å². The first-order chi connectivity index (χ1) is 14.5. The molecule has 2 amide bonds. The molecule has 3 aromatic rings. The number of carbonyl (C=O) groups excluding carboxylic acids is 2. The molecule has 0 aliphatic carbocycles. The zero-order valence-corrected chi connectivity index (χ0v) is 21.5. The zero-order chi connectivity index (χ0) is 20.8. The van der Waals surface area contributed by atoms with Crippen LogP contribution >= 0.6 is 0 Å². The summed E-state index contributed by atoms with van der Waals surface area (Å²) in [4.78, 5) is 32.5. The van der Waals surface area contributed by atoms with Gasteiger partial charge >= 0.3 is 199 Å². The molecule has 0 saturated carbocycles. The summed E-state index contributed by atoms with van der Waals surface area (Å²) in [6.07, 6.45) is 1.70. The molecule has 30 heavy (non-hydrogen) atoms. The summed E-state index contributed by atoms with van der Waals surface area (Å²) in [5, 5.41) is 0. The number of nitrogens with zero attached hydrogens (tertiary/aromatic N) is 3. The Balaban J connectivity index is 1.57. The van der Waals surface area contributed by atoms with Crippen molar-refractivity contribution in [2.75, 3.05) is 11.9 Å². The van der Waals surface area contributed by atoms with Gasteiger partial charge in [0.2, 0.25) is 0 Å². The molecule has 5 rings (SSSR count). The van der Waals surface area contributed by atoms with E-state index in [2.05, 4.69) is 80.5 Å². The Bertz CT molecular complexity index is 1220. The van der Waals surface area contributed by atoms with Crippen LogP contribution in [0.15, 0.2) is 71.2 Å². The quantitative estimate of drug-likeness (QED) is 0.188. The van der Waals surface area contributed by atoms with Crippen LogP contribution in [0.3, 0.4) is 0 Å². The molecule has 0 spiro atoms. The molecule has 3 heterocycles. The van der Waals surface area contributed by atoms with Crippen molar-refractivity contribution in [3.63, 3.8) is 0 Å². The second-order valence-corrected chi connectivity index (χ2v) is 12.8. The Kier molecular flexibility index (Phi) is 5.33. The SMILES string of the molecule is CN1C(=O)/C(=C/c2ccc(N3c4ccccc4[Te]c4ccccc43)[se]2)C(=O)N=C1[Se]. The first-order valence-electron chi connectivity index (χ1n) is 9.08. The van der Waals surface area contributed by atoms with Crippen molar-refractivity contribution in [2.24, 2.45) is 4.99 Å². The molecule has 1 aromatic heterocycles. The molecule has 2 aromatic carbocycles. The van der Waals surface area contributed by atoms with Crippen molar-refractivity contribution in [3.05, 3.63) is 70.7 Å². The first kappa shape index (κ1) is 20.0. The fraction of sp³-hybridized carbons (Fsp3) is 0.0455. The van der Waals surface area contributed by atoms with Crippen LogP contribution in [0, 0.1) is 0 Å². The molecular weight excluding hydrogens is 624 g/mol. The second kappa shape index (κ2) is 7.98. The van der Waals surface area contributed by atoms with E-state index in [4.69, 9.17) is 0 Å². The second-order valence-electron chi connectivity index (χ2n) is 6.67. The van der Waals surface area contributed by atoms with Crippen molar-refractivity contribution in [1.29, 1.82) is 0 Å². The Labute approximate surface area is 198 Å². The van der Waals surface area contributed by atoms with Crippen LogP contribution in [0.1, 0.15) is 4.44 Å². The van der Waals surface area contributed by atoms with E-state index in [1.807, 2.05) is 6.07 Å². The minimum atomic E-state index is -0.490. The maximum absolute atomic E-state index is 12.5. The molecule has 0 atom stereocenters. The van der Waals surface area contributed by atoms with Gasteiger partial charge in [-0.3, -0.25) is 0 Å². The average Bonchev–Trinajstić information content (AvgIpc) is 3.21. The normalized spacial score (nSPS) is 17.1. The van der Waals surface area contributed by atoms with Gasteiger partial charge in [-0.25, -0.2) is 0 Å². The topological polar surface area (TPSA) is 53.0 Å². The van der Waals surface area contributed by atoms with Crippen LogP contribution in [0.5, 0.6) is 0 Å². The van der Waals surface area contributed by atoms with Crippen LogP contribution in [-0.2, 0) is 9.59 Å². The van der Waals surface area contributed by atoms with E-state index in [1.165, 1.54) is 28.1 Å². The van der Waals surface area contributed by atoms with Crippen LogP contribution < -0.4 is 12.1 Å². The van der Waals surface area contributed by atoms with Crippen molar-refractivity contribution in [1.82, 2.24) is 4.90 Å². The predicted octanol–water partition coefficient (Wildman–Crippen LogP) is 1.09. The van der Waals surface area contributed by atoms with Crippen molar-refractivity contribution < 1.29 is 9.59 Å². The van der Waals surface area contributed by atoms with Crippen LogP contribution in [0.2, 0.25) is 0 Å². The summed E-state index contributed by atoms with van der Waals surface area (Å²) in [6, 6.07) is 21.3. The average molecular weight is 638 g/mol. The Morgan fingerprint density at radius 2 is 1.60 bits per heavy atom. The van der Waals surface area contributed by atoms with Crippen LogP contribution in [0.25, 0.3) is 6.08 Å². The molecule has 0 bridgehead atoms. The number of benzene rings is 2. The molecule has 2 aliphatic rings. The maximum atomic E-state index is 12.5. The molecule has 0 N–H and O–H groups in total. The molecular formula is C22H14N3O2Se2Te. The van der Waals surface area contributed by atoms with Crippen LogP contribution in [-0.4, -0.2) is 79.9 Å². The summed E-state index contributed by atoms with van der Waals surface area (Å²) in [7, 11) is 1.61. The number of hydrogen-bond donors (Lipinski definition) is 0. The molecule has 0 unspecified atom stereocenters. The summed E-state index contributed by atoms with van der Waals surface area (Å²) in [5.41, 5.74) is 2.61. The number of amidine groups is 1. The van der Waals surface area contributed by atoms with E-state index >= 15 is 0 Å². The fourth-order valence-corrected chi connectivity index (χ4v) is 8.75. The van der Waals surface area contributed by atoms with Gasteiger partial charge in [-0.1, -0.05) is 0 Å². The molecule has 1 radical (unpaired) electrons. The van der Waals surface area contributed by atoms with Gasteiger partial charge in [0.1, 0.15) is 0 Å². The van der Waals surface area contributed by atoms with Gasteiger partial charge in [0.15, 0.2) is 0 Å². The number of hydrogen-bond acceptors (Lipinski definition) is 3. The van der Waals surface area contributed by atoms with Gasteiger partial charge in [0.05, 0.1) is 0 Å². The van der Waals surface area contributed by atoms with Crippen molar-refractivity contribution in [2.45, 2.75) is 0 Å². The van der Waals surface area contributed by atoms with E-state index in [-0.39, 0.29) is 26.0 Å². The number of carbonyl (C=O) groups is 2. The standard InChI is InChI=1S/C22H14N3O2Se2Te/c1-24-21(27)14(20(26)23-22(24)28)12-13-10-11-19(29-13)25-15-6-2-4-8-17(15)30-18-9-5-3-7-16(18)25/h2-12H,1H3/b14-12+. The van der Waals surface area contributed by atoms with Gasteiger partial charge in [0, 0.05) is 0 Å². The number of amides is 2. The molecule has 147 valence electrons. The number of para-hydroxylation sites is 2. The zero-order valence-electron chi connectivity index (χ0n) is 15.7. The summed E-state index contributed by atoms with van der Waals surface area (Å²) in [5.74, 6) is -0.815. The Morgan fingerprint density at radius 1 is 0.967 bits per heavy atom. The van der Waals surface area contributed by atoms with Gasteiger partial charge in [-0.15, -0.1) is 0 Å². The number of fused-ring (bicyclic) bond motifs is 2. The first-order valence-corrected chi connectivity index (χ1v) is 14.0. The number of rotatable bonds is 2. The van der Waals surface area contributed by atoms with E-state index in [0.717, 1.165) is 4.44 Å². The molecule has 2 aliphatic heterocycles. The van der Waals surface area contributed by atoms with Gasteiger partial charge in [-0.05, 0) is 0 Å². The third-order valence-electron chi connectivity index (χ3n) is 4.80. The van der Waals surface area contributed by atoms with E-state index in [0.29, 0.717) is 4.73 Å². The van der Waals surface area contributed by atoms with E-state index in [9.17, 15) is 9.59 Å². The predicted molar refractivity (Wildman–Crippen MR) is 122 cm³/mol. The Hall–Kier alpha value is -1.90. The third kappa shape index (κ3) is 3.44. The summed E-state index contributed by atoms with van der Waals surface area (Å²) >= 11 is 2.20. The number of aliphatic imine (C=N–C) groups is 1. The fourth-order valence-electron chi connectivity index (χ4n) is 3.33. The molecule has 5 nitrogen and oxygen atoms in total. The molecule has 0 saturated heterocycles. The summed E-state index contributed by atoms with van der Waals surface area (Å²) in [6.45, 7) is 0. The van der Waals surface area contributed by atoms with Crippen molar-refractivity contribution in [3.8, 4) is 0 Å².